The van der Waals surface area contributed by atoms with Crippen LogP contribution in [0.3, 0.4) is 0 Å². The first-order valence-corrected chi connectivity index (χ1v) is 7.44. The van der Waals surface area contributed by atoms with Crippen molar-refractivity contribution in [3.63, 3.8) is 0 Å². The maximum Gasteiger partial charge on any atom is 0.266 e. The summed E-state index contributed by atoms with van der Waals surface area (Å²) in [5.41, 5.74) is 1.96. The molecule has 0 fully saturated rings. The molecular formula is C14H12N4O2S. The number of H-pyrrole nitrogens is 1. The summed E-state index contributed by atoms with van der Waals surface area (Å²) in [4.78, 5) is 31.3. The lowest BCUT2D eigenvalue weighted by molar-refractivity contribution is 0.0949. The van der Waals surface area contributed by atoms with Crippen molar-refractivity contribution >= 4 is 44.1 Å². The van der Waals surface area contributed by atoms with E-state index in [9.17, 15) is 9.59 Å². The number of thiophene rings is 1. The Balaban J connectivity index is 2.10. The van der Waals surface area contributed by atoms with Crippen molar-refractivity contribution in [2.45, 2.75) is 13.0 Å². The molecule has 1 atom stereocenters. The lowest BCUT2D eigenvalue weighted by Crippen LogP contribution is -2.34. The monoisotopic (exact) mass is 300 g/mol. The second-order valence-corrected chi connectivity index (χ2v) is 6.20. The average molecular weight is 300 g/mol. The molecule has 0 bridgehead atoms. The molecular weight excluding hydrogens is 288 g/mol. The van der Waals surface area contributed by atoms with Crippen molar-refractivity contribution < 1.29 is 4.79 Å². The van der Waals surface area contributed by atoms with Gasteiger partial charge in [0, 0.05) is 22.7 Å². The summed E-state index contributed by atoms with van der Waals surface area (Å²) in [5.74, 6) is -0.0683. The molecule has 6 nitrogen and oxygen atoms in total. The number of hydrogen-bond acceptors (Lipinski definition) is 5. The van der Waals surface area contributed by atoms with Crippen LogP contribution in [-0.2, 0) is 0 Å². The molecule has 0 saturated carbocycles. The summed E-state index contributed by atoms with van der Waals surface area (Å²) in [6.07, 6.45) is 1.27. The average Bonchev–Trinajstić information content (AvgIpc) is 2.77. The number of aromatic amines is 1. The van der Waals surface area contributed by atoms with E-state index in [0.717, 1.165) is 15.8 Å². The van der Waals surface area contributed by atoms with E-state index < -0.39 is 0 Å². The Morgan fingerprint density at radius 1 is 1.33 bits per heavy atom. The smallest absolute Gasteiger partial charge is 0.266 e. The SMILES string of the molecule is CC1CNc2c(sc3ccc4[nH]c(=O)cnc4c23)C(=O)N1. The Hall–Kier alpha value is -2.41. The number of carbonyl (C=O) groups is 1. The van der Waals surface area contributed by atoms with E-state index >= 15 is 0 Å². The minimum atomic E-state index is -0.234. The lowest BCUT2D eigenvalue weighted by atomic mass is 10.1. The fourth-order valence-corrected chi connectivity index (χ4v) is 3.71. The molecule has 1 aliphatic heterocycles. The molecule has 4 rings (SSSR count). The van der Waals surface area contributed by atoms with Gasteiger partial charge in [-0.2, -0.15) is 0 Å². The van der Waals surface area contributed by atoms with Crippen molar-refractivity contribution in [2.75, 3.05) is 11.9 Å². The third-order valence-corrected chi connectivity index (χ3v) is 4.72. The van der Waals surface area contributed by atoms with Crippen molar-refractivity contribution in [1.29, 1.82) is 0 Å². The van der Waals surface area contributed by atoms with Crippen LogP contribution in [0, 0.1) is 0 Å². The summed E-state index contributed by atoms with van der Waals surface area (Å²) in [5, 5.41) is 7.17. The van der Waals surface area contributed by atoms with Crippen LogP contribution < -0.4 is 16.2 Å². The van der Waals surface area contributed by atoms with Crippen LogP contribution in [0.4, 0.5) is 5.69 Å². The zero-order valence-corrected chi connectivity index (χ0v) is 12.0. The first kappa shape index (κ1) is 12.3. The van der Waals surface area contributed by atoms with Gasteiger partial charge >= 0.3 is 0 Å². The Kier molecular flexibility index (Phi) is 2.52. The third kappa shape index (κ3) is 1.81. The number of rotatable bonds is 0. The molecule has 0 radical (unpaired) electrons. The molecule has 3 aromatic rings. The number of benzene rings is 1. The van der Waals surface area contributed by atoms with Crippen molar-refractivity contribution in [2.24, 2.45) is 0 Å². The number of amides is 1. The van der Waals surface area contributed by atoms with Gasteiger partial charge in [-0.05, 0) is 19.1 Å². The minimum Gasteiger partial charge on any atom is -0.381 e. The highest BCUT2D eigenvalue weighted by atomic mass is 32.1. The van der Waals surface area contributed by atoms with Crippen LogP contribution >= 0.6 is 11.3 Å². The van der Waals surface area contributed by atoms with Gasteiger partial charge in [0.2, 0.25) is 0 Å². The molecule has 0 spiro atoms. The Morgan fingerprint density at radius 2 is 2.19 bits per heavy atom. The molecule has 1 aliphatic rings. The normalized spacial score (nSPS) is 18.1. The highest BCUT2D eigenvalue weighted by Gasteiger charge is 2.24. The van der Waals surface area contributed by atoms with Gasteiger partial charge in [0.15, 0.2) is 0 Å². The fourth-order valence-electron chi connectivity index (χ4n) is 2.62. The van der Waals surface area contributed by atoms with E-state index in [2.05, 4.69) is 20.6 Å². The first-order valence-electron chi connectivity index (χ1n) is 6.63. The maximum absolute atomic E-state index is 12.3. The van der Waals surface area contributed by atoms with Crippen LogP contribution in [0.1, 0.15) is 16.6 Å². The summed E-state index contributed by atoms with van der Waals surface area (Å²) in [7, 11) is 0. The number of hydrogen-bond donors (Lipinski definition) is 3. The van der Waals surface area contributed by atoms with Gasteiger partial charge in [0.1, 0.15) is 4.88 Å². The molecule has 21 heavy (non-hydrogen) atoms. The summed E-state index contributed by atoms with van der Waals surface area (Å²) < 4.78 is 0.976. The van der Waals surface area contributed by atoms with Gasteiger partial charge in [-0.1, -0.05) is 0 Å². The number of nitrogens with zero attached hydrogens (tertiary/aromatic N) is 1. The van der Waals surface area contributed by atoms with Crippen LogP contribution in [0.25, 0.3) is 21.1 Å². The van der Waals surface area contributed by atoms with Gasteiger partial charge in [0.05, 0.1) is 22.9 Å². The topological polar surface area (TPSA) is 86.9 Å². The number of carbonyl (C=O) groups excluding carboxylic acids is 1. The summed E-state index contributed by atoms with van der Waals surface area (Å²) in [6.45, 7) is 2.61. The van der Waals surface area contributed by atoms with Gasteiger partial charge in [-0.15, -0.1) is 11.3 Å². The van der Waals surface area contributed by atoms with E-state index in [4.69, 9.17) is 0 Å². The Bertz CT molecular complexity index is 943. The van der Waals surface area contributed by atoms with Crippen molar-refractivity contribution in [1.82, 2.24) is 15.3 Å². The second kappa shape index (κ2) is 4.29. The van der Waals surface area contributed by atoms with Crippen LogP contribution in [0.2, 0.25) is 0 Å². The van der Waals surface area contributed by atoms with E-state index in [-0.39, 0.29) is 17.5 Å². The van der Waals surface area contributed by atoms with Gasteiger partial charge in [0.25, 0.3) is 11.5 Å². The number of anilines is 1. The van der Waals surface area contributed by atoms with Gasteiger partial charge < -0.3 is 15.6 Å². The first-order chi connectivity index (χ1) is 10.1. The third-order valence-electron chi connectivity index (χ3n) is 3.57. The van der Waals surface area contributed by atoms with Crippen molar-refractivity contribution in [3.8, 4) is 0 Å². The molecule has 1 aromatic carbocycles. The van der Waals surface area contributed by atoms with Crippen LogP contribution in [0.15, 0.2) is 23.1 Å². The van der Waals surface area contributed by atoms with Crippen LogP contribution in [0.5, 0.6) is 0 Å². The van der Waals surface area contributed by atoms with E-state index in [1.165, 1.54) is 17.5 Å². The molecule has 3 heterocycles. The number of aromatic nitrogens is 2. The highest BCUT2D eigenvalue weighted by molar-refractivity contribution is 7.21. The number of nitrogens with one attached hydrogen (secondary N) is 3. The quantitative estimate of drug-likeness (QED) is 0.589. The molecule has 3 N–H and O–H groups in total. The molecule has 0 saturated heterocycles. The molecule has 1 amide bonds. The van der Waals surface area contributed by atoms with Crippen LogP contribution in [-0.4, -0.2) is 28.5 Å². The maximum atomic E-state index is 12.3. The molecule has 1 unspecified atom stereocenters. The number of fused-ring (bicyclic) bond motifs is 5. The van der Waals surface area contributed by atoms with E-state index in [0.29, 0.717) is 22.5 Å². The molecule has 106 valence electrons. The fraction of sp³-hybridized carbons (Fsp3) is 0.214. The lowest BCUT2D eigenvalue weighted by Gasteiger charge is -2.09. The van der Waals surface area contributed by atoms with Gasteiger partial charge in [-0.25, -0.2) is 4.98 Å². The Labute approximate surface area is 123 Å². The highest BCUT2D eigenvalue weighted by Crippen LogP contribution is 2.39. The molecule has 0 aliphatic carbocycles. The summed E-state index contributed by atoms with van der Waals surface area (Å²) in [6, 6.07) is 3.80. The predicted octanol–water partition coefficient (Wildman–Crippen LogP) is 1.68. The summed E-state index contributed by atoms with van der Waals surface area (Å²) >= 11 is 1.44. The standard InChI is InChI=1S/C14H12N4O2S/c1-6-4-15-12-10-8(21-13(12)14(20)17-6)3-2-7-11(10)16-5-9(19)18-7/h2-3,5-6,15H,4H2,1H3,(H,17,20)(H,18,19). The van der Waals surface area contributed by atoms with Crippen molar-refractivity contribution in [3.05, 3.63) is 33.6 Å². The zero-order chi connectivity index (χ0) is 14.6. The zero-order valence-electron chi connectivity index (χ0n) is 11.2. The largest absolute Gasteiger partial charge is 0.381 e. The van der Waals surface area contributed by atoms with Gasteiger partial charge in [-0.3, -0.25) is 9.59 Å². The molecule has 2 aromatic heterocycles. The Morgan fingerprint density at radius 3 is 3.05 bits per heavy atom. The van der Waals surface area contributed by atoms with E-state index in [1.807, 2.05) is 19.1 Å². The minimum absolute atomic E-state index is 0.0647. The van der Waals surface area contributed by atoms with E-state index in [1.54, 1.807) is 0 Å². The second-order valence-electron chi connectivity index (χ2n) is 5.14. The predicted molar refractivity (Wildman–Crippen MR) is 83.2 cm³/mol. The molecule has 7 heteroatoms.